The van der Waals surface area contributed by atoms with Gasteiger partial charge in [-0.15, -0.1) is 11.3 Å². The molecule has 17 heavy (non-hydrogen) atoms. The maximum atomic E-state index is 10.4. The predicted molar refractivity (Wildman–Crippen MR) is 69.5 cm³/mol. The van der Waals surface area contributed by atoms with Crippen molar-refractivity contribution in [1.29, 1.82) is 0 Å². The number of aliphatic hydroxyl groups excluding tert-OH is 1. The zero-order valence-corrected chi connectivity index (χ0v) is 11.2. The van der Waals surface area contributed by atoms with E-state index < -0.39 is 6.10 Å². The molecule has 0 saturated heterocycles. The minimum atomic E-state index is -0.716. The largest absolute Gasteiger partial charge is 0.383 e. The van der Waals surface area contributed by atoms with Crippen molar-refractivity contribution in [2.45, 2.75) is 26.4 Å². The zero-order valence-electron chi connectivity index (χ0n) is 9.64. The van der Waals surface area contributed by atoms with E-state index >= 15 is 0 Å². The third kappa shape index (κ3) is 2.49. The molecular weight excluding hydrogens is 256 g/mol. The lowest BCUT2D eigenvalue weighted by atomic mass is 10.0. The van der Waals surface area contributed by atoms with Gasteiger partial charge in [-0.25, -0.2) is 0 Å². The van der Waals surface area contributed by atoms with Gasteiger partial charge in [-0.1, -0.05) is 18.5 Å². The van der Waals surface area contributed by atoms with Crippen LogP contribution in [0.15, 0.2) is 17.5 Å². The van der Waals surface area contributed by atoms with Gasteiger partial charge in [0.1, 0.15) is 6.10 Å². The van der Waals surface area contributed by atoms with E-state index in [9.17, 15) is 5.11 Å². The number of hydrogen-bond acceptors (Lipinski definition) is 4. The van der Waals surface area contributed by atoms with E-state index in [-0.39, 0.29) is 0 Å². The average molecular weight is 269 g/mol. The van der Waals surface area contributed by atoms with E-state index in [1.165, 1.54) is 11.3 Å². The van der Waals surface area contributed by atoms with Crippen molar-refractivity contribution >= 4 is 22.9 Å². The molecule has 2 aromatic rings. The van der Waals surface area contributed by atoms with Crippen LogP contribution in [-0.2, 0) is 6.42 Å². The van der Waals surface area contributed by atoms with Crippen LogP contribution >= 0.6 is 22.9 Å². The number of thiophene rings is 1. The molecule has 0 saturated carbocycles. The summed E-state index contributed by atoms with van der Waals surface area (Å²) in [6.07, 6.45) is 0.0227. The van der Waals surface area contributed by atoms with Gasteiger partial charge in [0, 0.05) is 5.56 Å². The second-order valence-corrected chi connectivity index (χ2v) is 5.13. The van der Waals surface area contributed by atoms with Crippen molar-refractivity contribution < 1.29 is 5.11 Å². The minimum Gasteiger partial charge on any atom is -0.383 e. The molecule has 0 aromatic carbocycles. The molecule has 1 unspecified atom stereocenters. The van der Waals surface area contributed by atoms with Crippen molar-refractivity contribution in [3.63, 3.8) is 0 Å². The van der Waals surface area contributed by atoms with Gasteiger partial charge in [0.2, 0.25) is 0 Å². The minimum absolute atomic E-state index is 0.596. The quantitative estimate of drug-likeness (QED) is 0.930. The van der Waals surface area contributed by atoms with E-state index in [0.717, 1.165) is 28.2 Å². The number of nitrogens with zero attached hydrogens (tertiary/aromatic N) is 2. The van der Waals surface area contributed by atoms with Gasteiger partial charge in [-0.3, -0.25) is 0 Å². The normalized spacial score (nSPS) is 12.7. The molecule has 2 rings (SSSR count). The molecule has 0 aliphatic heterocycles. The first-order valence-corrected chi connectivity index (χ1v) is 6.63. The van der Waals surface area contributed by atoms with Crippen LogP contribution in [0.5, 0.6) is 0 Å². The molecule has 3 nitrogen and oxygen atoms in total. The van der Waals surface area contributed by atoms with Gasteiger partial charge in [0.15, 0.2) is 0 Å². The van der Waals surface area contributed by atoms with Crippen LogP contribution in [0.2, 0.25) is 5.02 Å². The summed E-state index contributed by atoms with van der Waals surface area (Å²) in [6, 6.07) is 3.66. The summed E-state index contributed by atoms with van der Waals surface area (Å²) in [4.78, 5) is 0.758. The second-order valence-electron chi connectivity index (χ2n) is 3.78. The second kappa shape index (κ2) is 5.12. The molecule has 0 fully saturated rings. The Bertz CT molecular complexity index is 527. The maximum absolute atomic E-state index is 10.4. The SMILES string of the molecule is CCc1nnc(C)cc1C(O)c1sccc1Cl. The summed E-state index contributed by atoms with van der Waals surface area (Å²) >= 11 is 7.48. The van der Waals surface area contributed by atoms with Gasteiger partial charge in [-0.2, -0.15) is 10.2 Å². The van der Waals surface area contributed by atoms with Gasteiger partial charge in [0.25, 0.3) is 0 Å². The summed E-state index contributed by atoms with van der Waals surface area (Å²) in [6.45, 7) is 3.85. The lowest BCUT2D eigenvalue weighted by Gasteiger charge is -2.13. The Morgan fingerprint density at radius 2 is 2.24 bits per heavy atom. The first kappa shape index (κ1) is 12.5. The average Bonchev–Trinajstić information content (AvgIpc) is 2.74. The van der Waals surface area contributed by atoms with E-state index in [1.54, 1.807) is 6.07 Å². The topological polar surface area (TPSA) is 46.0 Å². The predicted octanol–water partition coefficient (Wildman–Crippen LogP) is 3.14. The standard InChI is InChI=1S/C12H13ClN2OS/c1-3-10-8(6-7(2)14-15-10)11(16)12-9(13)4-5-17-12/h4-6,11,16H,3H2,1-2H3. The van der Waals surface area contributed by atoms with E-state index in [2.05, 4.69) is 10.2 Å². The van der Waals surface area contributed by atoms with Crippen LogP contribution in [0.4, 0.5) is 0 Å². The monoisotopic (exact) mass is 268 g/mol. The summed E-state index contributed by atoms with van der Waals surface area (Å²) in [5.41, 5.74) is 2.40. The molecule has 1 N–H and O–H groups in total. The number of rotatable bonds is 3. The molecule has 0 aliphatic rings. The summed E-state index contributed by atoms with van der Waals surface area (Å²) < 4.78 is 0. The van der Waals surface area contributed by atoms with Crippen LogP contribution < -0.4 is 0 Å². The van der Waals surface area contributed by atoms with E-state index in [0.29, 0.717) is 5.02 Å². The summed E-state index contributed by atoms with van der Waals surface area (Å²) in [5, 5.41) is 20.9. The molecule has 2 heterocycles. The molecule has 0 aliphatic carbocycles. The van der Waals surface area contributed by atoms with Crippen molar-refractivity contribution in [3.8, 4) is 0 Å². The van der Waals surface area contributed by atoms with Crippen molar-refractivity contribution in [1.82, 2.24) is 10.2 Å². The van der Waals surface area contributed by atoms with Crippen LogP contribution in [0.25, 0.3) is 0 Å². The Morgan fingerprint density at radius 3 is 2.82 bits per heavy atom. The Hall–Kier alpha value is -0.970. The fourth-order valence-electron chi connectivity index (χ4n) is 1.69. The molecule has 1 atom stereocenters. The van der Waals surface area contributed by atoms with Gasteiger partial charge < -0.3 is 5.11 Å². The fourth-order valence-corrected chi connectivity index (χ4v) is 2.85. The Balaban J connectivity index is 2.46. The Kier molecular flexibility index (Phi) is 3.76. The smallest absolute Gasteiger partial charge is 0.117 e. The van der Waals surface area contributed by atoms with Gasteiger partial charge >= 0.3 is 0 Å². The van der Waals surface area contributed by atoms with Gasteiger partial charge in [0.05, 0.1) is 21.3 Å². The molecule has 0 radical (unpaired) electrons. The molecule has 0 bridgehead atoms. The van der Waals surface area contributed by atoms with Crippen LogP contribution in [0, 0.1) is 6.92 Å². The zero-order chi connectivity index (χ0) is 12.4. The summed E-state index contributed by atoms with van der Waals surface area (Å²) in [5.74, 6) is 0. The van der Waals surface area contributed by atoms with Crippen LogP contribution in [0.3, 0.4) is 0 Å². The molecule has 5 heteroatoms. The van der Waals surface area contributed by atoms with Crippen molar-refractivity contribution in [3.05, 3.63) is 44.4 Å². The number of aliphatic hydroxyl groups is 1. The first-order chi connectivity index (χ1) is 8.13. The van der Waals surface area contributed by atoms with Gasteiger partial charge in [-0.05, 0) is 30.9 Å². The maximum Gasteiger partial charge on any atom is 0.117 e. The molecule has 90 valence electrons. The first-order valence-electron chi connectivity index (χ1n) is 5.37. The highest BCUT2D eigenvalue weighted by atomic mass is 35.5. The molecule has 2 aromatic heterocycles. The number of aryl methyl sites for hydroxylation is 2. The van der Waals surface area contributed by atoms with Crippen LogP contribution in [-0.4, -0.2) is 15.3 Å². The third-order valence-electron chi connectivity index (χ3n) is 2.55. The van der Waals surface area contributed by atoms with Crippen LogP contribution in [0.1, 0.15) is 34.9 Å². The number of aromatic nitrogens is 2. The molecular formula is C12H13ClN2OS. The van der Waals surface area contributed by atoms with E-state index in [1.807, 2.05) is 25.3 Å². The molecule has 0 amide bonds. The van der Waals surface area contributed by atoms with Crippen molar-refractivity contribution in [2.75, 3.05) is 0 Å². The highest BCUT2D eigenvalue weighted by molar-refractivity contribution is 7.10. The number of hydrogen-bond donors (Lipinski definition) is 1. The molecule has 0 spiro atoms. The lowest BCUT2D eigenvalue weighted by molar-refractivity contribution is 0.222. The van der Waals surface area contributed by atoms with E-state index in [4.69, 9.17) is 11.6 Å². The number of halogens is 1. The van der Waals surface area contributed by atoms with Crippen molar-refractivity contribution in [2.24, 2.45) is 0 Å². The summed E-state index contributed by atoms with van der Waals surface area (Å²) in [7, 11) is 0. The fraction of sp³-hybridized carbons (Fsp3) is 0.333. The Morgan fingerprint density at radius 1 is 1.47 bits per heavy atom. The lowest BCUT2D eigenvalue weighted by Crippen LogP contribution is -2.06. The highest BCUT2D eigenvalue weighted by Gasteiger charge is 2.19. The Labute approximate surface area is 109 Å². The highest BCUT2D eigenvalue weighted by Crippen LogP contribution is 2.33. The third-order valence-corrected chi connectivity index (χ3v) is 3.96.